The van der Waals surface area contributed by atoms with Gasteiger partial charge in [0.05, 0.1) is 16.9 Å². The number of aryl methyl sites for hydroxylation is 2. The minimum absolute atomic E-state index is 0.256. The Morgan fingerprint density at radius 3 is 2.78 bits per heavy atom. The van der Waals surface area contributed by atoms with Crippen LogP contribution < -0.4 is 5.73 Å². The Kier molecular flexibility index (Phi) is 2.13. The summed E-state index contributed by atoms with van der Waals surface area (Å²) in [5, 5.41) is 4.26. The molecule has 0 amide bonds. The van der Waals surface area contributed by atoms with E-state index in [1.54, 1.807) is 21.4 Å². The monoisotopic (exact) mass is 245 g/mol. The number of nitrogens with zero attached hydrogens (tertiary/aromatic N) is 4. The van der Waals surface area contributed by atoms with Gasteiger partial charge in [0, 0.05) is 13.2 Å². The highest BCUT2D eigenvalue weighted by molar-refractivity contribution is 5.81. The molecule has 0 saturated carbocycles. The van der Waals surface area contributed by atoms with Crippen molar-refractivity contribution in [3.05, 3.63) is 35.9 Å². The smallest absolute Gasteiger partial charge is 0.206 e. The van der Waals surface area contributed by atoms with Gasteiger partial charge in [0.15, 0.2) is 5.82 Å². The van der Waals surface area contributed by atoms with Crippen molar-refractivity contribution in [2.75, 3.05) is 5.73 Å². The lowest BCUT2D eigenvalue weighted by Gasteiger charge is -2.03. The predicted octanol–water partition coefficient (Wildman–Crippen LogP) is 1.79. The van der Waals surface area contributed by atoms with E-state index in [9.17, 15) is 4.39 Å². The molecule has 0 fully saturated rings. The van der Waals surface area contributed by atoms with Crippen LogP contribution in [0.25, 0.3) is 16.7 Å². The van der Waals surface area contributed by atoms with Crippen LogP contribution in [0.3, 0.4) is 0 Å². The van der Waals surface area contributed by atoms with Crippen molar-refractivity contribution in [1.82, 2.24) is 19.3 Å². The van der Waals surface area contributed by atoms with E-state index in [0.717, 1.165) is 11.4 Å². The van der Waals surface area contributed by atoms with Gasteiger partial charge >= 0.3 is 0 Å². The van der Waals surface area contributed by atoms with E-state index in [-0.39, 0.29) is 17.3 Å². The molecule has 0 aliphatic rings. The van der Waals surface area contributed by atoms with Crippen molar-refractivity contribution < 1.29 is 4.39 Å². The summed E-state index contributed by atoms with van der Waals surface area (Å²) < 4.78 is 17.0. The summed E-state index contributed by atoms with van der Waals surface area (Å²) in [4.78, 5) is 4.07. The second-order valence-corrected chi connectivity index (χ2v) is 4.19. The highest BCUT2D eigenvalue weighted by atomic mass is 19.1. The van der Waals surface area contributed by atoms with Gasteiger partial charge in [-0.3, -0.25) is 9.25 Å². The van der Waals surface area contributed by atoms with Crippen molar-refractivity contribution in [2.24, 2.45) is 7.05 Å². The Morgan fingerprint density at radius 2 is 2.11 bits per heavy atom. The van der Waals surface area contributed by atoms with E-state index in [0.29, 0.717) is 5.52 Å². The van der Waals surface area contributed by atoms with Crippen molar-refractivity contribution in [2.45, 2.75) is 6.92 Å². The summed E-state index contributed by atoms with van der Waals surface area (Å²) in [6.07, 6.45) is 1.83. The van der Waals surface area contributed by atoms with Gasteiger partial charge in [0.1, 0.15) is 5.52 Å². The number of nitrogen functional groups attached to an aromatic ring is 1. The topological polar surface area (TPSA) is 61.7 Å². The maximum absolute atomic E-state index is 13.6. The highest BCUT2D eigenvalue weighted by Crippen LogP contribution is 2.25. The predicted molar refractivity (Wildman–Crippen MR) is 66.9 cm³/mol. The minimum Gasteiger partial charge on any atom is -0.369 e. The summed E-state index contributed by atoms with van der Waals surface area (Å²) in [5.41, 5.74) is 8.42. The number of nitrogens with two attached hydrogens (primary N) is 1. The van der Waals surface area contributed by atoms with E-state index >= 15 is 0 Å². The average Bonchev–Trinajstić information content (AvgIpc) is 2.79. The Labute approximate surface area is 103 Å². The van der Waals surface area contributed by atoms with Crippen molar-refractivity contribution in [1.29, 1.82) is 0 Å². The van der Waals surface area contributed by atoms with Gasteiger partial charge in [-0.05, 0) is 19.1 Å². The summed E-state index contributed by atoms with van der Waals surface area (Å²) in [6, 6.07) is 4.80. The minimum atomic E-state index is -0.375. The molecule has 0 radical (unpaired) electrons. The van der Waals surface area contributed by atoms with E-state index in [4.69, 9.17) is 5.73 Å². The van der Waals surface area contributed by atoms with E-state index in [1.807, 2.05) is 20.2 Å². The molecule has 18 heavy (non-hydrogen) atoms. The number of anilines is 1. The lowest BCUT2D eigenvalue weighted by atomic mass is 10.3. The second kappa shape index (κ2) is 3.56. The third-order valence-corrected chi connectivity index (χ3v) is 2.89. The Balaban J connectivity index is 2.39. The molecule has 1 aromatic carbocycles. The molecule has 0 unspecified atom stereocenters. The van der Waals surface area contributed by atoms with Crippen LogP contribution in [-0.4, -0.2) is 19.3 Å². The molecule has 3 aromatic rings. The van der Waals surface area contributed by atoms with Gasteiger partial charge in [-0.2, -0.15) is 5.10 Å². The van der Waals surface area contributed by atoms with Crippen LogP contribution >= 0.6 is 0 Å². The zero-order chi connectivity index (χ0) is 12.9. The molecule has 92 valence electrons. The summed E-state index contributed by atoms with van der Waals surface area (Å²) >= 11 is 0. The first-order chi connectivity index (χ1) is 8.58. The molecule has 0 aliphatic heterocycles. The number of aromatic nitrogens is 4. The fourth-order valence-corrected chi connectivity index (χ4v) is 2.14. The molecule has 6 heteroatoms. The lowest BCUT2D eigenvalue weighted by Crippen LogP contribution is -2.00. The van der Waals surface area contributed by atoms with Gasteiger partial charge in [-0.25, -0.2) is 9.37 Å². The summed E-state index contributed by atoms with van der Waals surface area (Å²) in [6.45, 7) is 1.87. The van der Waals surface area contributed by atoms with E-state index in [1.165, 1.54) is 6.07 Å². The maximum Gasteiger partial charge on any atom is 0.206 e. The number of imidazole rings is 1. The molecule has 2 heterocycles. The Morgan fingerprint density at radius 1 is 1.33 bits per heavy atom. The number of hydrogen-bond acceptors (Lipinski definition) is 3. The van der Waals surface area contributed by atoms with Crippen LogP contribution in [0.5, 0.6) is 0 Å². The summed E-state index contributed by atoms with van der Waals surface area (Å²) in [5.74, 6) is -0.120. The van der Waals surface area contributed by atoms with Crippen LogP contribution in [0, 0.1) is 12.7 Å². The third kappa shape index (κ3) is 1.38. The Bertz CT molecular complexity index is 740. The van der Waals surface area contributed by atoms with Crippen LogP contribution in [0.1, 0.15) is 5.69 Å². The third-order valence-electron chi connectivity index (χ3n) is 2.89. The van der Waals surface area contributed by atoms with E-state index < -0.39 is 0 Å². The SMILES string of the molecule is Cc1nn(C)cc1-n1c(N)nc2c(F)cccc21. The number of rotatable bonds is 1. The van der Waals surface area contributed by atoms with Gasteiger partial charge in [-0.15, -0.1) is 0 Å². The van der Waals surface area contributed by atoms with Crippen molar-refractivity contribution in [3.8, 4) is 5.69 Å². The van der Waals surface area contributed by atoms with E-state index in [2.05, 4.69) is 10.1 Å². The molecule has 3 rings (SSSR count). The molecule has 0 saturated heterocycles. The molecule has 2 aromatic heterocycles. The molecule has 0 atom stereocenters. The largest absolute Gasteiger partial charge is 0.369 e. The fourth-order valence-electron chi connectivity index (χ4n) is 2.14. The van der Waals surface area contributed by atoms with Crippen molar-refractivity contribution >= 4 is 17.0 Å². The molecule has 2 N–H and O–H groups in total. The second-order valence-electron chi connectivity index (χ2n) is 4.19. The molecular formula is C12H12FN5. The van der Waals surface area contributed by atoms with Gasteiger partial charge in [-0.1, -0.05) is 6.07 Å². The van der Waals surface area contributed by atoms with Crippen LogP contribution in [0.2, 0.25) is 0 Å². The van der Waals surface area contributed by atoms with Gasteiger partial charge in [0.25, 0.3) is 0 Å². The molecule has 0 aliphatic carbocycles. The standard InChI is InChI=1S/C12H12FN5/c1-7-10(6-17(2)16-7)18-9-5-3-4-8(13)11(9)15-12(18)14/h3-6H,1-2H3,(H2,14,15). The van der Waals surface area contributed by atoms with Gasteiger partial charge < -0.3 is 5.73 Å². The molecule has 5 nitrogen and oxygen atoms in total. The number of para-hydroxylation sites is 1. The zero-order valence-electron chi connectivity index (χ0n) is 10.1. The highest BCUT2D eigenvalue weighted by Gasteiger charge is 2.15. The van der Waals surface area contributed by atoms with Crippen LogP contribution in [-0.2, 0) is 7.05 Å². The normalized spacial score (nSPS) is 11.3. The number of benzene rings is 1. The first-order valence-electron chi connectivity index (χ1n) is 5.51. The fraction of sp³-hybridized carbons (Fsp3) is 0.167. The summed E-state index contributed by atoms with van der Waals surface area (Å²) in [7, 11) is 1.83. The number of hydrogen-bond donors (Lipinski definition) is 1. The molecular weight excluding hydrogens is 233 g/mol. The maximum atomic E-state index is 13.6. The Hall–Kier alpha value is -2.37. The zero-order valence-corrected chi connectivity index (χ0v) is 10.1. The quantitative estimate of drug-likeness (QED) is 0.711. The van der Waals surface area contributed by atoms with Crippen LogP contribution in [0.4, 0.5) is 10.3 Å². The lowest BCUT2D eigenvalue weighted by molar-refractivity contribution is 0.637. The van der Waals surface area contributed by atoms with Gasteiger partial charge in [0.2, 0.25) is 5.95 Å². The molecule has 0 bridgehead atoms. The van der Waals surface area contributed by atoms with Crippen LogP contribution in [0.15, 0.2) is 24.4 Å². The van der Waals surface area contributed by atoms with Crippen molar-refractivity contribution in [3.63, 3.8) is 0 Å². The molecule has 0 spiro atoms. The average molecular weight is 245 g/mol. The first-order valence-corrected chi connectivity index (χ1v) is 5.51. The number of fused-ring (bicyclic) bond motifs is 1. The first kappa shape index (κ1) is 10.8. The number of halogens is 1.